The maximum Gasteiger partial charge on any atom is 0.315 e. The Hall–Kier alpha value is -1.15. The lowest BCUT2D eigenvalue weighted by Gasteiger charge is -2.72. The van der Waals surface area contributed by atoms with Crippen LogP contribution < -0.4 is 0 Å². The van der Waals surface area contributed by atoms with Gasteiger partial charge in [0.15, 0.2) is 0 Å². The minimum atomic E-state index is -1.72. The van der Waals surface area contributed by atoms with Gasteiger partial charge in [-0.1, -0.05) is 46.3 Å². The molecular formula is C36H58O11. The van der Waals surface area contributed by atoms with Crippen molar-refractivity contribution in [2.75, 3.05) is 13.2 Å². The Bertz CT molecular complexity index is 1270. The molecule has 6 rings (SSSR count). The van der Waals surface area contributed by atoms with E-state index in [4.69, 9.17) is 9.47 Å². The summed E-state index contributed by atoms with van der Waals surface area (Å²) in [6.07, 6.45) is -2.75. The highest BCUT2D eigenvalue weighted by Crippen LogP contribution is 2.76. The van der Waals surface area contributed by atoms with Crippen molar-refractivity contribution >= 4 is 5.97 Å². The largest absolute Gasteiger partial charge is 0.432 e. The minimum Gasteiger partial charge on any atom is -0.432 e. The molecule has 0 aromatic heterocycles. The van der Waals surface area contributed by atoms with Crippen LogP contribution in [0.1, 0.15) is 92.9 Å². The summed E-state index contributed by atoms with van der Waals surface area (Å²) >= 11 is 0. The maximum absolute atomic E-state index is 14.5. The van der Waals surface area contributed by atoms with Crippen molar-refractivity contribution < 1.29 is 55.1 Å². The molecule has 1 aliphatic heterocycles. The van der Waals surface area contributed by atoms with Crippen LogP contribution in [0.2, 0.25) is 0 Å². The monoisotopic (exact) mass is 666 g/mol. The van der Waals surface area contributed by atoms with E-state index >= 15 is 0 Å². The lowest BCUT2D eigenvalue weighted by atomic mass is 9.33. The van der Waals surface area contributed by atoms with Crippen LogP contribution in [-0.4, -0.2) is 109 Å². The Labute approximate surface area is 278 Å². The second kappa shape index (κ2) is 11.4. The van der Waals surface area contributed by atoms with Gasteiger partial charge in [0.25, 0.3) is 0 Å². The summed E-state index contributed by atoms with van der Waals surface area (Å²) in [5.74, 6) is -1.23. The molecule has 0 unspecified atom stereocenters. The molecule has 5 aliphatic carbocycles. The molecule has 6 aliphatic rings. The third-order valence-corrected chi connectivity index (χ3v) is 15.6. The topological polar surface area (TPSA) is 197 Å². The van der Waals surface area contributed by atoms with Gasteiger partial charge in [-0.25, -0.2) is 0 Å². The standard InChI is InChI=1S/C36H58O11/c1-18-9-12-36(30(44)47-29-26(42)25(41)24(40)21(16-37)46-29)14-13-33(4)19(27(36)35(18,6)45)7-8-23-31(2)15-20(39)28(43)32(3,17-38)22(31)10-11-34(23,33)5/h7,18,20-29,37-43,45H,8-17H2,1-6H3/t18-,20-,21+,22+,23+,24+,25-,26+,27+,28+,29-,31-,32-,33+,34+,35+,36-/m0/s1. The fraction of sp³-hybridized carbons (Fsp3) is 0.917. The van der Waals surface area contributed by atoms with Gasteiger partial charge in [-0.15, -0.1) is 0 Å². The van der Waals surface area contributed by atoms with E-state index in [0.29, 0.717) is 38.5 Å². The third-order valence-electron chi connectivity index (χ3n) is 15.6. The van der Waals surface area contributed by atoms with E-state index in [1.165, 1.54) is 0 Å². The van der Waals surface area contributed by atoms with Gasteiger partial charge in [0.2, 0.25) is 6.29 Å². The summed E-state index contributed by atoms with van der Waals surface area (Å²) in [4.78, 5) is 14.5. The van der Waals surface area contributed by atoms with E-state index in [0.717, 1.165) is 18.4 Å². The predicted octanol–water partition coefficient (Wildman–Crippen LogP) is 1.41. The quantitative estimate of drug-likeness (QED) is 0.160. The number of esters is 1. The van der Waals surface area contributed by atoms with Crippen molar-refractivity contribution in [3.05, 3.63) is 11.6 Å². The van der Waals surface area contributed by atoms with Gasteiger partial charge in [-0.3, -0.25) is 4.79 Å². The van der Waals surface area contributed by atoms with Gasteiger partial charge in [0.05, 0.1) is 36.4 Å². The SMILES string of the molecule is C[C@H]1CC[C@]2(C(=O)O[C@@H]3O[C@H](CO)[C@@H](O)[C@H](O)[C@H]3O)CC[C@]3(C)C(=CC[C@@H]4[C@@]5(C)C[C@H](O)[C@@H](O)[C@@](C)(CO)[C@@H]5CC[C@]43C)[C@@H]2[C@]1(C)O. The number of carbonyl (C=O) groups excluding carboxylic acids is 1. The number of fused-ring (bicyclic) bond motifs is 7. The number of hydrogen-bond acceptors (Lipinski definition) is 11. The van der Waals surface area contributed by atoms with Crippen molar-refractivity contribution in [3.8, 4) is 0 Å². The number of rotatable bonds is 4. The molecule has 0 amide bonds. The Balaban J connectivity index is 1.40. The maximum atomic E-state index is 14.5. The lowest BCUT2D eigenvalue weighted by molar-refractivity contribution is -0.299. The fourth-order valence-electron chi connectivity index (χ4n) is 12.4. The van der Waals surface area contributed by atoms with E-state index in [1.54, 1.807) is 0 Å². The number of aliphatic hydroxyl groups is 8. The second-order valence-corrected chi connectivity index (χ2v) is 17.5. The molecule has 0 radical (unpaired) electrons. The van der Waals surface area contributed by atoms with Gasteiger partial charge < -0.3 is 50.3 Å². The fourth-order valence-corrected chi connectivity index (χ4v) is 12.4. The molecule has 1 heterocycles. The normalized spacial score (nSPS) is 57.5. The van der Waals surface area contributed by atoms with E-state index in [2.05, 4.69) is 26.8 Å². The highest BCUT2D eigenvalue weighted by Gasteiger charge is 2.72. The third kappa shape index (κ3) is 4.60. The van der Waals surface area contributed by atoms with E-state index < -0.39 is 83.3 Å². The van der Waals surface area contributed by atoms with E-state index in [1.807, 2.05) is 20.8 Å². The zero-order valence-corrected chi connectivity index (χ0v) is 28.8. The molecule has 11 nitrogen and oxygen atoms in total. The highest BCUT2D eigenvalue weighted by atomic mass is 16.7. The van der Waals surface area contributed by atoms with Crippen LogP contribution in [-0.2, 0) is 14.3 Å². The summed E-state index contributed by atoms with van der Waals surface area (Å²) in [6, 6.07) is 0. The summed E-state index contributed by atoms with van der Waals surface area (Å²) in [5, 5.41) is 86.2. The summed E-state index contributed by atoms with van der Waals surface area (Å²) in [6.45, 7) is 11.6. The molecule has 11 heteroatoms. The van der Waals surface area contributed by atoms with Crippen molar-refractivity contribution in [1.29, 1.82) is 0 Å². The molecule has 0 aromatic carbocycles. The number of allylic oxidation sites excluding steroid dienone is 1. The van der Waals surface area contributed by atoms with Gasteiger partial charge in [-0.2, -0.15) is 0 Å². The summed E-state index contributed by atoms with van der Waals surface area (Å²) in [5.41, 5.74) is -3.27. The molecule has 0 aromatic rings. The molecule has 8 N–H and O–H groups in total. The van der Waals surface area contributed by atoms with Crippen LogP contribution in [0.5, 0.6) is 0 Å². The van der Waals surface area contributed by atoms with Crippen molar-refractivity contribution in [2.24, 2.45) is 50.7 Å². The van der Waals surface area contributed by atoms with Gasteiger partial charge in [0.1, 0.15) is 24.4 Å². The Morgan fingerprint density at radius 3 is 2.23 bits per heavy atom. The van der Waals surface area contributed by atoms with Crippen molar-refractivity contribution in [1.82, 2.24) is 0 Å². The highest BCUT2D eigenvalue weighted by molar-refractivity contribution is 5.79. The Morgan fingerprint density at radius 2 is 1.60 bits per heavy atom. The van der Waals surface area contributed by atoms with Crippen LogP contribution in [0.3, 0.4) is 0 Å². The molecule has 0 bridgehead atoms. The van der Waals surface area contributed by atoms with Crippen LogP contribution in [0.25, 0.3) is 0 Å². The van der Waals surface area contributed by atoms with Crippen LogP contribution in [0.15, 0.2) is 11.6 Å². The molecule has 0 spiro atoms. The number of hydrogen-bond donors (Lipinski definition) is 8. The zero-order chi connectivity index (χ0) is 34.7. The van der Waals surface area contributed by atoms with Crippen molar-refractivity contribution in [3.63, 3.8) is 0 Å². The number of ether oxygens (including phenoxy) is 2. The van der Waals surface area contributed by atoms with Crippen LogP contribution >= 0.6 is 0 Å². The lowest BCUT2D eigenvalue weighted by Crippen LogP contribution is -2.69. The minimum absolute atomic E-state index is 0.00373. The molecule has 268 valence electrons. The first kappa shape index (κ1) is 35.7. The second-order valence-electron chi connectivity index (χ2n) is 17.5. The summed E-state index contributed by atoms with van der Waals surface area (Å²) < 4.78 is 11.4. The van der Waals surface area contributed by atoms with Crippen LogP contribution in [0, 0.1) is 50.7 Å². The average molecular weight is 667 g/mol. The molecular weight excluding hydrogens is 608 g/mol. The first-order chi connectivity index (χ1) is 21.8. The van der Waals surface area contributed by atoms with Gasteiger partial charge in [-0.05, 0) is 92.3 Å². The predicted molar refractivity (Wildman–Crippen MR) is 169 cm³/mol. The number of carbonyl (C=O) groups is 1. The zero-order valence-electron chi connectivity index (χ0n) is 28.8. The molecule has 1 saturated heterocycles. The van der Waals surface area contributed by atoms with Gasteiger partial charge in [0, 0.05) is 11.3 Å². The Kier molecular flexibility index (Phi) is 8.68. The van der Waals surface area contributed by atoms with Gasteiger partial charge >= 0.3 is 5.97 Å². The molecule has 5 fully saturated rings. The summed E-state index contributed by atoms with van der Waals surface area (Å²) in [7, 11) is 0. The van der Waals surface area contributed by atoms with Crippen molar-refractivity contribution in [2.45, 2.75) is 141 Å². The molecule has 47 heavy (non-hydrogen) atoms. The number of aliphatic hydroxyl groups excluding tert-OH is 7. The average Bonchev–Trinajstić information content (AvgIpc) is 3.02. The smallest absolute Gasteiger partial charge is 0.315 e. The van der Waals surface area contributed by atoms with E-state index in [-0.39, 0.29) is 35.2 Å². The Morgan fingerprint density at radius 1 is 0.915 bits per heavy atom. The molecule has 4 saturated carbocycles. The first-order valence-corrected chi connectivity index (χ1v) is 17.7. The first-order valence-electron chi connectivity index (χ1n) is 17.7. The van der Waals surface area contributed by atoms with Crippen LogP contribution in [0.4, 0.5) is 0 Å². The molecule has 17 atom stereocenters. The van der Waals surface area contributed by atoms with E-state index in [9.17, 15) is 45.6 Å².